The molecule has 3 heterocycles. The first-order valence-corrected chi connectivity index (χ1v) is 13.2. The van der Waals surface area contributed by atoms with E-state index in [9.17, 15) is 9.59 Å². The molecule has 2 aromatic heterocycles. The van der Waals surface area contributed by atoms with Gasteiger partial charge in [-0.25, -0.2) is 0 Å². The number of carbonyl (C=O) groups excluding carboxylic acids is 2. The van der Waals surface area contributed by atoms with Crippen molar-refractivity contribution in [2.75, 3.05) is 31.5 Å². The third kappa shape index (κ3) is 5.26. The van der Waals surface area contributed by atoms with Gasteiger partial charge in [0.25, 0.3) is 11.8 Å². The fourth-order valence-corrected chi connectivity index (χ4v) is 4.86. The second kappa shape index (κ2) is 11.1. The van der Waals surface area contributed by atoms with Crippen LogP contribution in [0.2, 0.25) is 0 Å². The lowest BCUT2D eigenvalue weighted by Gasteiger charge is -2.18. The lowest BCUT2D eigenvalue weighted by atomic mass is 10.0. The highest BCUT2D eigenvalue weighted by molar-refractivity contribution is 6.35. The zero-order valence-corrected chi connectivity index (χ0v) is 22.6. The minimum Gasteiger partial charge on any atom is -0.416 e. The summed E-state index contributed by atoms with van der Waals surface area (Å²) < 4.78 is 5.92. The van der Waals surface area contributed by atoms with Gasteiger partial charge in [-0.1, -0.05) is 32.0 Å². The van der Waals surface area contributed by atoms with E-state index in [-0.39, 0.29) is 11.8 Å². The van der Waals surface area contributed by atoms with E-state index in [2.05, 4.69) is 44.6 Å². The Balaban J connectivity index is 1.41. The average Bonchev–Trinajstić information content (AvgIpc) is 3.63. The summed E-state index contributed by atoms with van der Waals surface area (Å²) >= 11 is 0. The number of H-pyrrole nitrogens is 1. The van der Waals surface area contributed by atoms with Gasteiger partial charge in [0.15, 0.2) is 0 Å². The lowest BCUT2D eigenvalue weighted by Crippen LogP contribution is -2.35. The van der Waals surface area contributed by atoms with Gasteiger partial charge in [0.2, 0.25) is 11.8 Å². The van der Waals surface area contributed by atoms with Crippen LogP contribution < -0.4 is 10.6 Å². The molecule has 0 unspecified atom stereocenters. The van der Waals surface area contributed by atoms with Crippen molar-refractivity contribution in [2.24, 2.45) is 0 Å². The number of hydrogen-bond acceptors (Lipinski definition) is 6. The van der Waals surface area contributed by atoms with Crippen LogP contribution in [0.3, 0.4) is 0 Å². The average molecular weight is 525 g/mol. The highest BCUT2D eigenvalue weighted by atomic mass is 16.4. The third-order valence-corrected chi connectivity index (χ3v) is 7.10. The molecule has 0 saturated carbocycles. The maximum atomic E-state index is 13.0. The number of aryl methyl sites for hydroxylation is 1. The van der Waals surface area contributed by atoms with Crippen LogP contribution in [0.4, 0.5) is 5.69 Å². The van der Waals surface area contributed by atoms with Crippen molar-refractivity contribution in [1.82, 2.24) is 25.4 Å². The number of anilines is 1. The molecule has 4 aromatic rings. The first-order valence-electron chi connectivity index (χ1n) is 13.2. The van der Waals surface area contributed by atoms with Crippen LogP contribution >= 0.6 is 0 Å². The van der Waals surface area contributed by atoms with Crippen molar-refractivity contribution in [2.45, 2.75) is 27.7 Å². The Kier molecular flexibility index (Phi) is 7.42. The van der Waals surface area contributed by atoms with Gasteiger partial charge in [0.05, 0.1) is 11.1 Å². The summed E-state index contributed by atoms with van der Waals surface area (Å²) in [5.74, 6) is 0.458. The number of likely N-dealkylation sites (N-methyl/N-ethyl adjacent to an activating group) is 1. The number of hydrogen-bond donors (Lipinski definition) is 3. The standard InChI is InChI=1S/C30H32N6O3/c1-5-36(6-2)15-14-31-28(38)26-18(3)25(32-19(26)4)17-23-22-16-21(12-13-24(22)33-27(23)37)30-35-34-29(39-30)20-10-8-7-9-11-20/h7-13,16-17,32H,5-6,14-15H2,1-4H3,(H,31,38)(H,33,37). The van der Waals surface area contributed by atoms with Gasteiger partial charge in [0, 0.05) is 46.9 Å². The molecule has 9 heteroatoms. The molecular weight excluding hydrogens is 492 g/mol. The molecule has 5 rings (SSSR count). The molecular formula is C30H32N6O3. The predicted octanol–water partition coefficient (Wildman–Crippen LogP) is 4.91. The van der Waals surface area contributed by atoms with E-state index in [0.717, 1.165) is 42.0 Å². The van der Waals surface area contributed by atoms with Gasteiger partial charge in [-0.15, -0.1) is 10.2 Å². The summed E-state index contributed by atoms with van der Waals surface area (Å²) in [5, 5.41) is 14.3. The molecule has 0 atom stereocenters. The van der Waals surface area contributed by atoms with Gasteiger partial charge in [-0.3, -0.25) is 9.59 Å². The Bertz CT molecular complexity index is 1550. The molecule has 0 radical (unpaired) electrons. The van der Waals surface area contributed by atoms with Crippen molar-refractivity contribution in [3.8, 4) is 22.9 Å². The van der Waals surface area contributed by atoms with Crippen molar-refractivity contribution in [1.29, 1.82) is 0 Å². The van der Waals surface area contributed by atoms with E-state index in [1.807, 2.05) is 62.4 Å². The lowest BCUT2D eigenvalue weighted by molar-refractivity contribution is -0.110. The van der Waals surface area contributed by atoms with E-state index in [1.54, 1.807) is 6.08 Å². The third-order valence-electron chi connectivity index (χ3n) is 7.10. The molecule has 0 fully saturated rings. The minimum absolute atomic E-state index is 0.123. The summed E-state index contributed by atoms with van der Waals surface area (Å²) in [7, 11) is 0. The first-order chi connectivity index (χ1) is 18.9. The molecule has 2 aromatic carbocycles. The Morgan fingerprint density at radius 2 is 1.74 bits per heavy atom. The fourth-order valence-electron chi connectivity index (χ4n) is 4.86. The number of fused-ring (bicyclic) bond motifs is 1. The largest absolute Gasteiger partial charge is 0.416 e. The number of nitrogens with one attached hydrogen (secondary N) is 3. The second-order valence-electron chi connectivity index (χ2n) is 9.50. The molecule has 1 aliphatic rings. The molecule has 39 heavy (non-hydrogen) atoms. The van der Waals surface area contributed by atoms with Crippen LogP contribution in [0.25, 0.3) is 34.6 Å². The van der Waals surface area contributed by atoms with Gasteiger partial charge in [-0.05, 0) is 68.9 Å². The Morgan fingerprint density at radius 3 is 2.46 bits per heavy atom. The number of amides is 2. The minimum atomic E-state index is -0.213. The van der Waals surface area contributed by atoms with E-state index < -0.39 is 0 Å². The van der Waals surface area contributed by atoms with Crippen LogP contribution in [-0.2, 0) is 4.79 Å². The number of benzene rings is 2. The number of rotatable bonds is 9. The Labute approximate surface area is 227 Å². The van der Waals surface area contributed by atoms with E-state index in [4.69, 9.17) is 4.42 Å². The molecule has 3 N–H and O–H groups in total. The number of nitrogens with zero attached hydrogens (tertiary/aromatic N) is 3. The first kappa shape index (κ1) is 26.1. The SMILES string of the molecule is CCN(CC)CCNC(=O)c1c(C)[nH]c(C=C2C(=O)Nc3ccc(-c4nnc(-c5ccccc5)o4)cc32)c1C. The van der Waals surface area contributed by atoms with Crippen molar-refractivity contribution >= 4 is 29.2 Å². The second-order valence-corrected chi connectivity index (χ2v) is 9.50. The van der Waals surface area contributed by atoms with Crippen LogP contribution in [0.1, 0.15) is 46.7 Å². The van der Waals surface area contributed by atoms with Crippen molar-refractivity contribution in [3.63, 3.8) is 0 Å². The quantitative estimate of drug-likeness (QED) is 0.268. The molecule has 0 spiro atoms. The Morgan fingerprint density at radius 1 is 1.03 bits per heavy atom. The van der Waals surface area contributed by atoms with Crippen molar-refractivity contribution < 1.29 is 14.0 Å². The summed E-state index contributed by atoms with van der Waals surface area (Å²) in [5.41, 5.74) is 6.34. The van der Waals surface area contributed by atoms with Gasteiger partial charge in [0.1, 0.15) is 0 Å². The van der Waals surface area contributed by atoms with E-state index in [0.29, 0.717) is 46.4 Å². The molecule has 0 aliphatic carbocycles. The van der Waals surface area contributed by atoms with Crippen LogP contribution in [0.5, 0.6) is 0 Å². The fraction of sp³-hybridized carbons (Fsp3) is 0.267. The highest BCUT2D eigenvalue weighted by Gasteiger charge is 2.27. The summed E-state index contributed by atoms with van der Waals surface area (Å²) in [6, 6.07) is 15.1. The van der Waals surface area contributed by atoms with Gasteiger partial charge < -0.3 is 24.9 Å². The van der Waals surface area contributed by atoms with Gasteiger partial charge >= 0.3 is 0 Å². The molecule has 0 bridgehead atoms. The highest BCUT2D eigenvalue weighted by Crippen LogP contribution is 2.37. The molecule has 9 nitrogen and oxygen atoms in total. The number of aromatic amines is 1. The molecule has 0 saturated heterocycles. The van der Waals surface area contributed by atoms with Crippen molar-refractivity contribution in [3.05, 3.63) is 76.6 Å². The zero-order chi connectivity index (χ0) is 27.5. The summed E-state index contributed by atoms with van der Waals surface area (Å²) in [6.45, 7) is 11.2. The molecule has 200 valence electrons. The van der Waals surface area contributed by atoms with E-state index in [1.165, 1.54) is 0 Å². The monoisotopic (exact) mass is 524 g/mol. The van der Waals surface area contributed by atoms with E-state index >= 15 is 0 Å². The summed E-state index contributed by atoms with van der Waals surface area (Å²) in [4.78, 5) is 31.5. The van der Waals surface area contributed by atoms with Crippen LogP contribution in [-0.4, -0.2) is 58.1 Å². The maximum Gasteiger partial charge on any atom is 0.256 e. The van der Waals surface area contributed by atoms with Crippen LogP contribution in [0.15, 0.2) is 52.9 Å². The van der Waals surface area contributed by atoms with Gasteiger partial charge in [-0.2, -0.15) is 0 Å². The number of carbonyl (C=O) groups is 2. The summed E-state index contributed by atoms with van der Waals surface area (Å²) in [6.07, 6.45) is 1.79. The predicted molar refractivity (Wildman–Crippen MR) is 152 cm³/mol. The van der Waals surface area contributed by atoms with Crippen LogP contribution in [0, 0.1) is 13.8 Å². The zero-order valence-electron chi connectivity index (χ0n) is 22.6. The Hall–Kier alpha value is -4.50. The topological polar surface area (TPSA) is 116 Å². The molecule has 1 aliphatic heterocycles. The number of aromatic nitrogens is 3. The molecule has 2 amide bonds. The normalized spacial score (nSPS) is 13.7. The maximum absolute atomic E-state index is 13.0. The smallest absolute Gasteiger partial charge is 0.256 e.